The zero-order valence-electron chi connectivity index (χ0n) is 21.9. The standard InChI is InChI=1S/C28H33N5O2S2/c1-5-6-12-32-25(31-15-13-30(4)14-16-31)22(19(2)23(18-29)26(32)34)17-24-27(35)33(28(36)37-24)20(3)21-10-8-7-9-11-21/h7-11,17,20H,5-6,12-16H2,1-4H3. The lowest BCUT2D eigenvalue weighted by Crippen LogP contribution is -2.47. The second-order valence-corrected chi connectivity index (χ2v) is 11.3. The third kappa shape index (κ3) is 5.37. The molecule has 2 fully saturated rings. The lowest BCUT2D eigenvalue weighted by molar-refractivity contribution is -0.123. The number of likely N-dealkylation sites (N-methyl/N-ethyl adjacent to an activating group) is 1. The van der Waals surface area contributed by atoms with E-state index in [4.69, 9.17) is 12.2 Å². The highest BCUT2D eigenvalue weighted by molar-refractivity contribution is 8.26. The van der Waals surface area contributed by atoms with Crippen LogP contribution in [0.1, 0.15) is 55.0 Å². The van der Waals surface area contributed by atoms with E-state index < -0.39 is 0 Å². The van der Waals surface area contributed by atoms with Crippen molar-refractivity contribution >= 4 is 46.1 Å². The fourth-order valence-corrected chi connectivity index (χ4v) is 6.25. The molecule has 9 heteroatoms. The molecule has 2 aliphatic rings. The number of thioether (sulfide) groups is 1. The summed E-state index contributed by atoms with van der Waals surface area (Å²) < 4.78 is 2.26. The smallest absolute Gasteiger partial charge is 0.270 e. The van der Waals surface area contributed by atoms with E-state index >= 15 is 0 Å². The molecule has 37 heavy (non-hydrogen) atoms. The summed E-state index contributed by atoms with van der Waals surface area (Å²) in [4.78, 5) is 33.7. The molecule has 4 rings (SSSR count). The van der Waals surface area contributed by atoms with Crippen molar-refractivity contribution in [3.8, 4) is 6.07 Å². The van der Waals surface area contributed by atoms with Crippen molar-refractivity contribution in [1.82, 2.24) is 14.4 Å². The Labute approximate surface area is 228 Å². The first-order valence-corrected chi connectivity index (χ1v) is 13.9. The summed E-state index contributed by atoms with van der Waals surface area (Å²) in [6.45, 7) is 9.67. The summed E-state index contributed by atoms with van der Waals surface area (Å²) in [6, 6.07) is 11.8. The van der Waals surface area contributed by atoms with Gasteiger partial charge in [-0.15, -0.1) is 0 Å². The van der Waals surface area contributed by atoms with Crippen LogP contribution < -0.4 is 10.5 Å². The molecule has 2 aromatic rings. The summed E-state index contributed by atoms with van der Waals surface area (Å²) in [7, 11) is 2.09. The van der Waals surface area contributed by atoms with Gasteiger partial charge in [0.15, 0.2) is 0 Å². The number of hydrogen-bond acceptors (Lipinski definition) is 7. The van der Waals surface area contributed by atoms with Gasteiger partial charge in [-0.25, -0.2) is 0 Å². The SMILES string of the molecule is CCCCn1c(N2CCN(C)CC2)c(C=C2SC(=S)N(C(C)c3ccccc3)C2=O)c(C)c(C#N)c1=O. The summed E-state index contributed by atoms with van der Waals surface area (Å²) in [5.74, 6) is 0.643. The fourth-order valence-electron chi connectivity index (χ4n) is 4.85. The average Bonchev–Trinajstić information content (AvgIpc) is 3.18. The average molecular weight is 536 g/mol. The Morgan fingerprint density at radius 1 is 1.16 bits per heavy atom. The molecule has 1 aromatic heterocycles. The second kappa shape index (κ2) is 11.6. The molecule has 194 valence electrons. The van der Waals surface area contributed by atoms with Gasteiger partial charge in [-0.3, -0.25) is 19.1 Å². The van der Waals surface area contributed by atoms with Crippen molar-refractivity contribution in [2.24, 2.45) is 0 Å². The first-order chi connectivity index (χ1) is 17.8. The van der Waals surface area contributed by atoms with E-state index in [2.05, 4.69) is 29.8 Å². The summed E-state index contributed by atoms with van der Waals surface area (Å²) in [6.07, 6.45) is 3.60. The largest absolute Gasteiger partial charge is 0.355 e. The highest BCUT2D eigenvalue weighted by Crippen LogP contribution is 2.39. The van der Waals surface area contributed by atoms with Crippen LogP contribution in [0.25, 0.3) is 6.08 Å². The van der Waals surface area contributed by atoms with E-state index in [1.165, 1.54) is 11.8 Å². The molecule has 1 amide bonds. The van der Waals surface area contributed by atoms with E-state index in [1.807, 2.05) is 50.3 Å². The van der Waals surface area contributed by atoms with Gasteiger partial charge in [0, 0.05) is 38.3 Å². The normalized spacial score (nSPS) is 18.5. The third-order valence-corrected chi connectivity index (χ3v) is 8.48. The van der Waals surface area contributed by atoms with E-state index in [1.54, 1.807) is 9.47 Å². The van der Waals surface area contributed by atoms with E-state index in [0.717, 1.165) is 56.0 Å². The maximum Gasteiger partial charge on any atom is 0.270 e. The van der Waals surface area contributed by atoms with Crippen molar-refractivity contribution < 1.29 is 4.79 Å². The van der Waals surface area contributed by atoms with Gasteiger partial charge in [0.2, 0.25) is 0 Å². The van der Waals surface area contributed by atoms with Gasteiger partial charge in [0.1, 0.15) is 21.8 Å². The van der Waals surface area contributed by atoms with Gasteiger partial charge in [-0.2, -0.15) is 5.26 Å². The van der Waals surface area contributed by atoms with Crippen molar-refractivity contribution in [1.29, 1.82) is 5.26 Å². The minimum absolute atomic E-state index is 0.133. The monoisotopic (exact) mass is 535 g/mol. The molecule has 2 aliphatic heterocycles. The summed E-state index contributed by atoms with van der Waals surface area (Å²) in [5, 5.41) is 9.90. The van der Waals surface area contributed by atoms with Crippen LogP contribution >= 0.6 is 24.0 Å². The van der Waals surface area contributed by atoms with E-state index in [-0.39, 0.29) is 23.1 Å². The van der Waals surface area contributed by atoms with Crippen LogP contribution in [-0.4, -0.2) is 57.8 Å². The molecular formula is C28H33N5O2S2. The number of unbranched alkanes of at least 4 members (excludes halogenated alkanes) is 1. The molecule has 0 aliphatic carbocycles. The maximum absolute atomic E-state index is 13.7. The van der Waals surface area contributed by atoms with Crippen LogP contribution in [0, 0.1) is 18.3 Å². The van der Waals surface area contributed by atoms with Crippen molar-refractivity contribution in [2.75, 3.05) is 38.1 Å². The number of nitrogens with zero attached hydrogens (tertiary/aromatic N) is 5. The number of amides is 1. The second-order valence-electron chi connectivity index (χ2n) is 9.59. The van der Waals surface area contributed by atoms with Gasteiger partial charge >= 0.3 is 0 Å². The minimum atomic E-state index is -0.259. The molecule has 0 bridgehead atoms. The number of piperazine rings is 1. The molecule has 0 spiro atoms. The van der Waals surface area contributed by atoms with Crippen LogP contribution in [0.5, 0.6) is 0 Å². The Bertz CT molecular complexity index is 1320. The van der Waals surface area contributed by atoms with E-state index in [0.29, 0.717) is 21.3 Å². The molecular weight excluding hydrogens is 502 g/mol. The summed E-state index contributed by atoms with van der Waals surface area (Å²) in [5.41, 5.74) is 2.24. The molecule has 2 saturated heterocycles. The first-order valence-electron chi connectivity index (χ1n) is 12.7. The Balaban J connectivity index is 1.84. The maximum atomic E-state index is 13.7. The number of rotatable bonds is 7. The highest BCUT2D eigenvalue weighted by Gasteiger charge is 2.37. The number of carbonyl (C=O) groups excluding carboxylic acids is 1. The number of anilines is 1. The van der Waals surface area contributed by atoms with Gasteiger partial charge < -0.3 is 9.80 Å². The number of aromatic nitrogens is 1. The molecule has 1 unspecified atom stereocenters. The Morgan fingerprint density at radius 3 is 2.46 bits per heavy atom. The summed E-state index contributed by atoms with van der Waals surface area (Å²) >= 11 is 6.92. The molecule has 1 aromatic carbocycles. The first kappa shape index (κ1) is 27.1. The number of carbonyl (C=O) groups is 1. The third-order valence-electron chi connectivity index (χ3n) is 7.15. The quantitative estimate of drug-likeness (QED) is 0.381. The number of hydrogen-bond donors (Lipinski definition) is 0. The van der Waals surface area contributed by atoms with Crippen LogP contribution in [-0.2, 0) is 11.3 Å². The van der Waals surface area contributed by atoms with Crippen molar-refractivity contribution in [3.63, 3.8) is 0 Å². The van der Waals surface area contributed by atoms with Crippen LogP contribution in [0.15, 0.2) is 40.0 Å². The van der Waals surface area contributed by atoms with Crippen molar-refractivity contribution in [2.45, 2.75) is 46.2 Å². The number of nitriles is 1. The number of pyridine rings is 1. The minimum Gasteiger partial charge on any atom is -0.355 e. The molecule has 1 atom stereocenters. The Kier molecular flexibility index (Phi) is 8.53. The van der Waals surface area contributed by atoms with Crippen LogP contribution in [0.2, 0.25) is 0 Å². The van der Waals surface area contributed by atoms with Crippen molar-refractivity contribution in [3.05, 3.63) is 67.8 Å². The number of thiocarbonyl (C=S) groups is 1. The highest BCUT2D eigenvalue weighted by atomic mass is 32.2. The predicted molar refractivity (Wildman–Crippen MR) is 155 cm³/mol. The topological polar surface area (TPSA) is 72.6 Å². The van der Waals surface area contributed by atoms with Gasteiger partial charge in [-0.1, -0.05) is 67.7 Å². The molecule has 7 nitrogen and oxygen atoms in total. The Morgan fingerprint density at radius 2 is 1.84 bits per heavy atom. The Hall–Kier alpha value is -2.93. The number of benzene rings is 1. The zero-order chi connectivity index (χ0) is 26.7. The van der Waals surface area contributed by atoms with E-state index in [9.17, 15) is 14.9 Å². The van der Waals surface area contributed by atoms with Crippen LogP contribution in [0.4, 0.5) is 5.82 Å². The lowest BCUT2D eigenvalue weighted by atomic mass is 10.0. The molecule has 0 saturated carbocycles. The van der Waals surface area contributed by atoms with Gasteiger partial charge in [-0.05, 0) is 44.5 Å². The van der Waals surface area contributed by atoms with Gasteiger partial charge in [0.25, 0.3) is 11.5 Å². The van der Waals surface area contributed by atoms with Gasteiger partial charge in [0.05, 0.1) is 10.9 Å². The molecule has 0 radical (unpaired) electrons. The predicted octanol–water partition coefficient (Wildman–Crippen LogP) is 4.54. The van der Waals surface area contributed by atoms with Crippen LogP contribution in [0.3, 0.4) is 0 Å². The fraction of sp³-hybridized carbons (Fsp3) is 0.429. The lowest BCUT2D eigenvalue weighted by Gasteiger charge is -2.36. The molecule has 3 heterocycles. The molecule has 0 N–H and O–H groups in total. The zero-order valence-corrected chi connectivity index (χ0v) is 23.5.